The molecule has 0 heterocycles. The molecule has 0 saturated carbocycles. The normalized spacial score (nSPS) is 11.7. The molecule has 11 heteroatoms. The third-order valence-corrected chi connectivity index (χ3v) is 7.48. The average molecular weight is 679 g/mol. The van der Waals surface area contributed by atoms with E-state index in [1.54, 1.807) is 26.0 Å². The first-order chi connectivity index (χ1) is 23.2. The maximum atomic E-state index is 11.4. The Hall–Kier alpha value is -5.39. The van der Waals surface area contributed by atoms with Gasteiger partial charge in [0.1, 0.15) is 11.9 Å². The molecule has 0 saturated heterocycles. The summed E-state index contributed by atoms with van der Waals surface area (Å²) in [5.74, 6) is 1.57. The van der Waals surface area contributed by atoms with Crippen molar-refractivity contribution in [3.05, 3.63) is 112 Å². The Balaban J connectivity index is 0.000000292. The lowest BCUT2D eigenvalue weighted by Gasteiger charge is -2.25. The fraction of sp³-hybridized carbons (Fsp3) is 0.289. The van der Waals surface area contributed by atoms with Crippen LogP contribution in [0.2, 0.25) is 0 Å². The number of aromatic hydroxyl groups is 3. The molecule has 0 aliphatic carbocycles. The molecular weight excluding hydrogens is 632 g/mol. The van der Waals surface area contributed by atoms with Gasteiger partial charge in [0, 0.05) is 11.6 Å². The number of ether oxygens (including phenoxy) is 4. The van der Waals surface area contributed by atoms with Gasteiger partial charge in [-0.2, -0.15) is 0 Å². The Bertz CT molecular complexity index is 1710. The Labute approximate surface area is 286 Å². The van der Waals surface area contributed by atoms with Crippen molar-refractivity contribution in [1.82, 2.24) is 0 Å². The molecule has 2 unspecified atom stereocenters. The van der Waals surface area contributed by atoms with Gasteiger partial charge in [0.2, 0.25) is 0 Å². The van der Waals surface area contributed by atoms with Crippen molar-refractivity contribution in [2.45, 2.75) is 46.8 Å². The molecule has 4 aromatic rings. The van der Waals surface area contributed by atoms with E-state index >= 15 is 0 Å². The Morgan fingerprint density at radius 1 is 0.694 bits per heavy atom. The number of carbonyl (C=O) groups excluding carboxylic acids is 1. The van der Waals surface area contributed by atoms with E-state index < -0.39 is 18.8 Å². The molecule has 0 aromatic heterocycles. The Kier molecular flexibility index (Phi) is 15.3. The number of aryl methyl sites for hydroxylation is 5. The fourth-order valence-corrected chi connectivity index (χ4v) is 4.62. The Morgan fingerprint density at radius 2 is 1.20 bits per heavy atom. The average Bonchev–Trinajstić information content (AvgIpc) is 3.09. The first-order valence-corrected chi connectivity index (χ1v) is 15.2. The molecule has 49 heavy (non-hydrogen) atoms. The summed E-state index contributed by atoms with van der Waals surface area (Å²) in [5.41, 5.74) is 4.63. The van der Waals surface area contributed by atoms with Crippen molar-refractivity contribution in [3.8, 4) is 40.2 Å². The van der Waals surface area contributed by atoms with Gasteiger partial charge >= 0.3 is 0 Å². The lowest BCUT2D eigenvalue weighted by Crippen LogP contribution is -2.29. The number of benzene rings is 4. The summed E-state index contributed by atoms with van der Waals surface area (Å²) < 4.78 is 21.2. The van der Waals surface area contributed by atoms with Crippen LogP contribution in [0.15, 0.2) is 73.0 Å². The topological polar surface area (TPSA) is 175 Å². The van der Waals surface area contributed by atoms with Crippen LogP contribution < -0.4 is 18.9 Å². The highest BCUT2D eigenvalue weighted by Gasteiger charge is 2.26. The van der Waals surface area contributed by atoms with Crippen molar-refractivity contribution in [1.29, 1.82) is 0 Å². The number of allylic oxidation sites excluding steroid dienone is 1. The van der Waals surface area contributed by atoms with Gasteiger partial charge in [0.15, 0.2) is 46.4 Å². The fourth-order valence-electron chi connectivity index (χ4n) is 4.62. The van der Waals surface area contributed by atoms with Crippen molar-refractivity contribution < 1.29 is 54.4 Å². The quantitative estimate of drug-likeness (QED) is 0.0616. The third-order valence-electron chi connectivity index (χ3n) is 7.48. The molecule has 4 aromatic carbocycles. The van der Waals surface area contributed by atoms with Crippen LogP contribution >= 0.6 is 0 Å². The summed E-state index contributed by atoms with van der Waals surface area (Å²) in [6, 6.07) is 17.3. The number of carbonyl (C=O) groups is 1. The number of hydrogen-bond acceptors (Lipinski definition) is 11. The highest BCUT2D eigenvalue weighted by atomic mass is 16.5. The SMILES string of the molecule is COc1cc(C(=O)C=CO)cc(C)c1O.COc1cc(C(O)C(CO)Oc2c(C)cccc2OC)cc(C)c1O.Cc1cccc(C)c1O. The minimum Gasteiger partial charge on any atom is -0.515 e. The third kappa shape index (κ3) is 10.6. The summed E-state index contributed by atoms with van der Waals surface area (Å²) in [4.78, 5) is 11.4. The Morgan fingerprint density at radius 3 is 1.71 bits per heavy atom. The smallest absolute Gasteiger partial charge is 0.189 e. The summed E-state index contributed by atoms with van der Waals surface area (Å²) >= 11 is 0. The molecule has 6 N–H and O–H groups in total. The van der Waals surface area contributed by atoms with Gasteiger partial charge in [-0.05, 0) is 98.3 Å². The monoisotopic (exact) mass is 678 g/mol. The minimum absolute atomic E-state index is 0.0143. The van der Waals surface area contributed by atoms with E-state index in [9.17, 15) is 30.3 Å². The van der Waals surface area contributed by atoms with E-state index in [0.717, 1.165) is 22.8 Å². The van der Waals surface area contributed by atoms with Crippen molar-refractivity contribution in [3.63, 3.8) is 0 Å². The zero-order chi connectivity index (χ0) is 36.8. The van der Waals surface area contributed by atoms with Gasteiger partial charge in [-0.1, -0.05) is 30.3 Å². The maximum absolute atomic E-state index is 11.4. The van der Waals surface area contributed by atoms with Crippen LogP contribution in [0.1, 0.15) is 49.8 Å². The second-order valence-electron chi connectivity index (χ2n) is 11.0. The summed E-state index contributed by atoms with van der Waals surface area (Å²) in [6.45, 7) is 8.60. The lowest BCUT2D eigenvalue weighted by atomic mass is 10.0. The molecule has 11 nitrogen and oxygen atoms in total. The van der Waals surface area contributed by atoms with Crippen LogP contribution in [0, 0.1) is 34.6 Å². The van der Waals surface area contributed by atoms with Gasteiger partial charge in [-0.3, -0.25) is 4.79 Å². The highest BCUT2D eigenvalue weighted by molar-refractivity contribution is 6.05. The molecule has 2 atom stereocenters. The second kappa shape index (κ2) is 18.8. The highest BCUT2D eigenvalue weighted by Crippen LogP contribution is 2.37. The van der Waals surface area contributed by atoms with E-state index in [2.05, 4.69) is 0 Å². The number of ketones is 1. The van der Waals surface area contributed by atoms with E-state index in [0.29, 0.717) is 45.8 Å². The van der Waals surface area contributed by atoms with Crippen LogP contribution in [0.3, 0.4) is 0 Å². The predicted octanol–water partition coefficient (Wildman–Crippen LogP) is 6.47. The minimum atomic E-state index is -1.12. The van der Waals surface area contributed by atoms with Crippen molar-refractivity contribution >= 4 is 5.78 Å². The number of aliphatic hydroxyl groups excluding tert-OH is 3. The number of methoxy groups -OCH3 is 3. The van der Waals surface area contributed by atoms with Crippen LogP contribution in [0.25, 0.3) is 0 Å². The van der Waals surface area contributed by atoms with Crippen molar-refractivity contribution in [2.75, 3.05) is 27.9 Å². The molecule has 0 aliphatic rings. The standard InChI is InChI=1S/C19H24O6.C11H12O4.C8H10O/c1-11-6-5-7-14(23-3)19(11)25-16(10-20)18(22)13-8-12(2)17(21)15(9-13)24-4;1-7-5-8(9(13)3-4-12)6-10(15-2)11(7)14;1-6-4-3-5-7(2)8(6)9/h5-9,16,18,20-22H,10H2,1-4H3;3-6,12,14H,1-2H3;3-5,9H,1-2H3. The van der Waals surface area contributed by atoms with Crippen LogP contribution in [-0.4, -0.2) is 70.5 Å². The van der Waals surface area contributed by atoms with Gasteiger partial charge in [-0.15, -0.1) is 0 Å². The van der Waals surface area contributed by atoms with Gasteiger partial charge in [-0.25, -0.2) is 0 Å². The van der Waals surface area contributed by atoms with E-state index in [-0.39, 0.29) is 28.8 Å². The van der Waals surface area contributed by atoms with Gasteiger partial charge in [0.05, 0.1) is 34.2 Å². The van der Waals surface area contributed by atoms with Crippen LogP contribution in [-0.2, 0) is 0 Å². The molecule has 264 valence electrons. The number of para-hydroxylation sites is 2. The number of phenolic OH excluding ortho intramolecular Hbond substituents is 3. The molecule has 0 bridgehead atoms. The lowest BCUT2D eigenvalue weighted by molar-refractivity contribution is -0.000888. The summed E-state index contributed by atoms with van der Waals surface area (Å²) in [7, 11) is 4.37. The first-order valence-electron chi connectivity index (χ1n) is 15.2. The van der Waals surface area contributed by atoms with E-state index in [4.69, 9.17) is 24.1 Å². The largest absolute Gasteiger partial charge is 0.515 e. The van der Waals surface area contributed by atoms with E-state index in [1.165, 1.54) is 39.5 Å². The molecule has 0 spiro atoms. The molecular formula is C38H46O11. The second-order valence-corrected chi connectivity index (χ2v) is 11.0. The number of phenols is 3. The van der Waals surface area contributed by atoms with Crippen molar-refractivity contribution in [2.24, 2.45) is 0 Å². The summed E-state index contributed by atoms with van der Waals surface area (Å²) in [6.07, 6.45) is -0.325. The van der Waals surface area contributed by atoms with Crippen LogP contribution in [0.5, 0.6) is 40.2 Å². The molecule has 0 amide bonds. The zero-order valence-electron chi connectivity index (χ0n) is 29.0. The number of rotatable bonds is 10. The molecule has 0 fully saturated rings. The number of aliphatic hydroxyl groups is 3. The molecule has 0 radical (unpaired) electrons. The predicted molar refractivity (Wildman–Crippen MR) is 187 cm³/mol. The first kappa shape index (κ1) is 39.8. The van der Waals surface area contributed by atoms with Crippen LogP contribution in [0.4, 0.5) is 0 Å². The van der Waals surface area contributed by atoms with Gasteiger partial charge in [0.25, 0.3) is 0 Å². The van der Waals surface area contributed by atoms with E-state index in [1.807, 2.05) is 51.1 Å². The van der Waals surface area contributed by atoms with Gasteiger partial charge < -0.3 is 49.6 Å². The summed E-state index contributed by atoms with van der Waals surface area (Å²) in [5, 5.41) is 57.5. The molecule has 0 aliphatic heterocycles. The molecule has 4 rings (SSSR count). The number of hydrogen-bond donors (Lipinski definition) is 6. The maximum Gasteiger partial charge on any atom is 0.189 e. The zero-order valence-corrected chi connectivity index (χ0v) is 29.0.